The van der Waals surface area contributed by atoms with Crippen LogP contribution < -0.4 is 4.90 Å². The molecule has 0 aromatic heterocycles. The number of anilines is 1. The van der Waals surface area contributed by atoms with Crippen LogP contribution in [0.15, 0.2) is 30.3 Å². The van der Waals surface area contributed by atoms with Gasteiger partial charge in [-0.1, -0.05) is 18.2 Å². The number of para-hydroxylation sites is 1. The Morgan fingerprint density at radius 3 is 2.24 bits per heavy atom. The molecule has 3 rings (SSSR count). The molecular weight excluding hydrogens is 342 g/mol. The molecule has 138 valence electrons. The van der Waals surface area contributed by atoms with Crippen molar-refractivity contribution in [3.05, 3.63) is 30.3 Å². The number of piperazine rings is 1. The molecule has 0 aliphatic carbocycles. The first-order valence-electron chi connectivity index (χ1n) is 8.69. The van der Waals surface area contributed by atoms with Crippen molar-refractivity contribution in [3.8, 4) is 0 Å². The molecule has 1 amide bonds. The molecule has 0 spiro atoms. The summed E-state index contributed by atoms with van der Waals surface area (Å²) in [6.45, 7) is 4.41. The van der Waals surface area contributed by atoms with Gasteiger partial charge in [0.2, 0.25) is 15.9 Å². The van der Waals surface area contributed by atoms with Gasteiger partial charge in [-0.25, -0.2) is 8.42 Å². The van der Waals surface area contributed by atoms with E-state index in [1.54, 1.807) is 4.90 Å². The monoisotopic (exact) mass is 367 g/mol. The predicted octanol–water partition coefficient (Wildman–Crippen LogP) is 0.387. The summed E-state index contributed by atoms with van der Waals surface area (Å²) in [5.41, 5.74) is 1.16. The van der Waals surface area contributed by atoms with Crippen LogP contribution in [0.2, 0.25) is 0 Å². The van der Waals surface area contributed by atoms with Crippen molar-refractivity contribution in [3.63, 3.8) is 0 Å². The first-order valence-corrected chi connectivity index (χ1v) is 10.3. The van der Waals surface area contributed by atoms with Crippen LogP contribution in [0.5, 0.6) is 0 Å². The van der Waals surface area contributed by atoms with Crippen molar-refractivity contribution >= 4 is 21.6 Å². The Morgan fingerprint density at radius 2 is 1.60 bits per heavy atom. The minimum Gasteiger partial charge on any atom is -0.379 e. The Labute approximate surface area is 149 Å². The standard InChI is InChI=1S/C17H25N3O4S/c21-17(6-15-25(22,23)20-11-13-24-14-12-20)19-9-7-18(8-10-19)16-4-2-1-3-5-16/h1-5H,6-15H2. The summed E-state index contributed by atoms with van der Waals surface area (Å²) in [6, 6.07) is 10.1. The summed E-state index contributed by atoms with van der Waals surface area (Å²) in [6.07, 6.45) is 0.0467. The lowest BCUT2D eigenvalue weighted by Gasteiger charge is -2.36. The molecule has 2 aliphatic rings. The third kappa shape index (κ3) is 4.71. The highest BCUT2D eigenvalue weighted by atomic mass is 32.2. The van der Waals surface area contributed by atoms with Crippen LogP contribution in [0.25, 0.3) is 0 Å². The van der Waals surface area contributed by atoms with Crippen molar-refractivity contribution in [1.29, 1.82) is 0 Å². The maximum Gasteiger partial charge on any atom is 0.223 e. The average molecular weight is 367 g/mol. The third-order valence-electron chi connectivity index (χ3n) is 4.69. The van der Waals surface area contributed by atoms with E-state index in [-0.39, 0.29) is 18.1 Å². The minimum absolute atomic E-state index is 0.0467. The molecule has 8 heteroatoms. The summed E-state index contributed by atoms with van der Waals surface area (Å²) in [5.74, 6) is -0.199. The van der Waals surface area contributed by atoms with E-state index in [0.29, 0.717) is 39.4 Å². The maximum absolute atomic E-state index is 12.4. The molecule has 2 saturated heterocycles. The van der Waals surface area contributed by atoms with E-state index >= 15 is 0 Å². The van der Waals surface area contributed by atoms with E-state index in [1.165, 1.54) is 4.31 Å². The number of carbonyl (C=O) groups is 1. The number of sulfonamides is 1. The Morgan fingerprint density at radius 1 is 0.960 bits per heavy atom. The van der Waals surface area contributed by atoms with Crippen LogP contribution in [0.4, 0.5) is 5.69 Å². The quantitative estimate of drug-likeness (QED) is 0.753. The lowest BCUT2D eigenvalue weighted by Crippen LogP contribution is -2.49. The molecule has 1 aromatic carbocycles. The number of rotatable bonds is 5. The van der Waals surface area contributed by atoms with Gasteiger partial charge in [-0.05, 0) is 12.1 Å². The van der Waals surface area contributed by atoms with Crippen molar-refractivity contribution in [2.75, 3.05) is 63.1 Å². The molecule has 25 heavy (non-hydrogen) atoms. The number of ether oxygens (including phenoxy) is 1. The van der Waals surface area contributed by atoms with Crippen LogP contribution in [-0.4, -0.2) is 81.8 Å². The van der Waals surface area contributed by atoms with Crippen molar-refractivity contribution in [2.24, 2.45) is 0 Å². The molecule has 0 saturated carbocycles. The lowest BCUT2D eigenvalue weighted by molar-refractivity contribution is -0.131. The number of hydrogen-bond donors (Lipinski definition) is 0. The third-order valence-corrected chi connectivity index (χ3v) is 6.56. The Bertz CT molecular complexity index is 666. The first kappa shape index (κ1) is 18.2. The van der Waals surface area contributed by atoms with E-state index in [0.717, 1.165) is 18.8 Å². The number of hydrogen-bond acceptors (Lipinski definition) is 5. The molecule has 0 unspecified atom stereocenters. The number of benzene rings is 1. The van der Waals surface area contributed by atoms with Crippen LogP contribution in [-0.2, 0) is 19.6 Å². The van der Waals surface area contributed by atoms with Crippen LogP contribution >= 0.6 is 0 Å². The summed E-state index contributed by atoms with van der Waals surface area (Å²) >= 11 is 0. The average Bonchev–Trinajstić information content (AvgIpc) is 2.68. The van der Waals surface area contributed by atoms with Crippen LogP contribution in [0, 0.1) is 0 Å². The summed E-state index contributed by atoms with van der Waals surface area (Å²) in [4.78, 5) is 16.4. The fourth-order valence-corrected chi connectivity index (χ4v) is 4.58. The number of carbonyl (C=O) groups excluding carboxylic acids is 1. The number of morpholine rings is 1. The zero-order valence-electron chi connectivity index (χ0n) is 14.3. The van der Waals surface area contributed by atoms with Gasteiger partial charge in [-0.2, -0.15) is 4.31 Å². The smallest absolute Gasteiger partial charge is 0.223 e. The van der Waals surface area contributed by atoms with Gasteiger partial charge >= 0.3 is 0 Å². The SMILES string of the molecule is O=C(CCS(=O)(=O)N1CCOCC1)N1CCN(c2ccccc2)CC1. The molecule has 0 atom stereocenters. The largest absolute Gasteiger partial charge is 0.379 e. The second-order valence-electron chi connectivity index (χ2n) is 6.28. The minimum atomic E-state index is -3.38. The fraction of sp³-hybridized carbons (Fsp3) is 0.588. The molecule has 2 heterocycles. The van der Waals surface area contributed by atoms with E-state index in [9.17, 15) is 13.2 Å². The van der Waals surface area contributed by atoms with Crippen molar-refractivity contribution < 1.29 is 17.9 Å². The topological polar surface area (TPSA) is 70.2 Å². The maximum atomic E-state index is 12.4. The van der Waals surface area contributed by atoms with Gasteiger partial charge in [0.1, 0.15) is 0 Å². The molecule has 0 bridgehead atoms. The second-order valence-corrected chi connectivity index (χ2v) is 8.37. The first-order chi connectivity index (χ1) is 12.1. The zero-order valence-corrected chi connectivity index (χ0v) is 15.2. The van der Waals surface area contributed by atoms with Crippen molar-refractivity contribution in [2.45, 2.75) is 6.42 Å². The molecule has 0 radical (unpaired) electrons. The molecule has 2 aliphatic heterocycles. The van der Waals surface area contributed by atoms with Gasteiger partial charge < -0.3 is 14.5 Å². The summed E-state index contributed by atoms with van der Waals surface area (Å²) in [5, 5.41) is 0. The summed E-state index contributed by atoms with van der Waals surface area (Å²) < 4.78 is 31.2. The molecular formula is C17H25N3O4S. The predicted molar refractivity (Wildman–Crippen MR) is 96.0 cm³/mol. The normalized spacial score (nSPS) is 19.8. The van der Waals surface area contributed by atoms with Gasteiger partial charge in [-0.15, -0.1) is 0 Å². The molecule has 2 fully saturated rings. The highest BCUT2D eigenvalue weighted by Gasteiger charge is 2.27. The molecule has 0 N–H and O–H groups in total. The van der Waals surface area contributed by atoms with Gasteiger partial charge in [0, 0.05) is 51.4 Å². The number of nitrogens with zero attached hydrogens (tertiary/aromatic N) is 3. The Hall–Kier alpha value is -1.64. The number of amides is 1. The van der Waals surface area contributed by atoms with E-state index in [2.05, 4.69) is 17.0 Å². The Balaban J connectivity index is 1.46. The van der Waals surface area contributed by atoms with Gasteiger partial charge in [0.15, 0.2) is 0 Å². The van der Waals surface area contributed by atoms with E-state index < -0.39 is 10.0 Å². The fourth-order valence-electron chi connectivity index (χ4n) is 3.18. The molecule has 7 nitrogen and oxygen atoms in total. The van der Waals surface area contributed by atoms with Crippen LogP contribution in [0.1, 0.15) is 6.42 Å². The van der Waals surface area contributed by atoms with E-state index in [1.807, 2.05) is 18.2 Å². The Kier molecular flexibility index (Phi) is 5.93. The van der Waals surface area contributed by atoms with E-state index in [4.69, 9.17) is 4.74 Å². The van der Waals surface area contributed by atoms with Gasteiger partial charge in [0.05, 0.1) is 19.0 Å². The lowest BCUT2D eigenvalue weighted by atomic mass is 10.2. The highest BCUT2D eigenvalue weighted by Crippen LogP contribution is 2.16. The van der Waals surface area contributed by atoms with Crippen LogP contribution in [0.3, 0.4) is 0 Å². The van der Waals surface area contributed by atoms with Crippen molar-refractivity contribution in [1.82, 2.24) is 9.21 Å². The zero-order chi connectivity index (χ0) is 17.7. The molecule has 1 aromatic rings. The summed E-state index contributed by atoms with van der Waals surface area (Å²) in [7, 11) is -3.38. The second kappa shape index (κ2) is 8.16. The highest BCUT2D eigenvalue weighted by molar-refractivity contribution is 7.89. The van der Waals surface area contributed by atoms with Gasteiger partial charge in [-0.3, -0.25) is 4.79 Å². The van der Waals surface area contributed by atoms with Gasteiger partial charge in [0.25, 0.3) is 0 Å².